The number of aromatic nitrogens is 2. The van der Waals surface area contributed by atoms with E-state index in [0.29, 0.717) is 13.1 Å². The molecule has 1 heterocycles. The van der Waals surface area contributed by atoms with E-state index in [1.807, 2.05) is 13.2 Å². The highest BCUT2D eigenvalue weighted by atomic mass is 16.2. The molecule has 2 rings (SSSR count). The largest absolute Gasteiger partial charge is 0.351 e. The van der Waals surface area contributed by atoms with E-state index in [2.05, 4.69) is 17.3 Å². The Morgan fingerprint density at radius 3 is 2.75 bits per heavy atom. The van der Waals surface area contributed by atoms with Gasteiger partial charge in [-0.3, -0.25) is 9.48 Å². The Balaban J connectivity index is 2.00. The molecule has 3 N–H and O–H groups in total. The maximum atomic E-state index is 12.5. The topological polar surface area (TPSA) is 72.9 Å². The number of nitrogens with one attached hydrogen (secondary N) is 1. The number of hydrogen-bond acceptors (Lipinski definition) is 3. The summed E-state index contributed by atoms with van der Waals surface area (Å²) < 4.78 is 1.81. The van der Waals surface area contributed by atoms with Gasteiger partial charge in [0, 0.05) is 31.9 Å². The molecule has 1 aromatic rings. The standard InChI is InChI=1S/C15H26N4O/c1-3-13-12(10-19(2)18-13)9-17-14(20)15(11-16)7-5-4-6-8-15/h10H,3-9,11,16H2,1-2H3,(H,17,20). The molecule has 0 saturated heterocycles. The molecule has 1 aliphatic rings. The Kier molecular flexibility index (Phi) is 4.81. The number of nitrogens with zero attached hydrogens (tertiary/aromatic N) is 2. The number of carbonyl (C=O) groups is 1. The second kappa shape index (κ2) is 6.39. The zero-order valence-corrected chi connectivity index (χ0v) is 12.6. The van der Waals surface area contributed by atoms with Gasteiger partial charge in [0.05, 0.1) is 11.1 Å². The van der Waals surface area contributed by atoms with Crippen molar-refractivity contribution >= 4 is 5.91 Å². The Hall–Kier alpha value is -1.36. The maximum Gasteiger partial charge on any atom is 0.227 e. The summed E-state index contributed by atoms with van der Waals surface area (Å²) in [4.78, 5) is 12.5. The number of nitrogens with two attached hydrogens (primary N) is 1. The van der Waals surface area contributed by atoms with E-state index in [-0.39, 0.29) is 11.3 Å². The monoisotopic (exact) mass is 278 g/mol. The Labute approximate surface area is 120 Å². The summed E-state index contributed by atoms with van der Waals surface area (Å²) in [5, 5.41) is 7.47. The van der Waals surface area contributed by atoms with Gasteiger partial charge in [-0.1, -0.05) is 26.2 Å². The van der Waals surface area contributed by atoms with Crippen LogP contribution in [0.2, 0.25) is 0 Å². The predicted molar refractivity (Wildman–Crippen MR) is 79.0 cm³/mol. The van der Waals surface area contributed by atoms with Crippen molar-refractivity contribution in [2.45, 2.75) is 52.0 Å². The molecule has 1 aliphatic carbocycles. The van der Waals surface area contributed by atoms with Gasteiger partial charge in [-0.25, -0.2) is 0 Å². The van der Waals surface area contributed by atoms with Crippen LogP contribution in [-0.4, -0.2) is 22.2 Å². The van der Waals surface area contributed by atoms with Crippen LogP contribution in [-0.2, 0) is 24.8 Å². The number of hydrogen-bond donors (Lipinski definition) is 2. The van der Waals surface area contributed by atoms with Gasteiger partial charge in [0.15, 0.2) is 0 Å². The Bertz CT molecular complexity index is 460. The summed E-state index contributed by atoms with van der Waals surface area (Å²) in [5.74, 6) is 0.116. The molecule has 1 amide bonds. The van der Waals surface area contributed by atoms with Gasteiger partial charge in [0.25, 0.3) is 0 Å². The lowest BCUT2D eigenvalue weighted by Gasteiger charge is -2.34. The highest BCUT2D eigenvalue weighted by Gasteiger charge is 2.37. The average molecular weight is 278 g/mol. The smallest absolute Gasteiger partial charge is 0.227 e. The van der Waals surface area contributed by atoms with Gasteiger partial charge in [-0.15, -0.1) is 0 Å². The van der Waals surface area contributed by atoms with E-state index >= 15 is 0 Å². The highest BCUT2D eigenvalue weighted by Crippen LogP contribution is 2.35. The lowest BCUT2D eigenvalue weighted by Crippen LogP contribution is -2.46. The van der Waals surface area contributed by atoms with Crippen LogP contribution in [0.3, 0.4) is 0 Å². The Morgan fingerprint density at radius 1 is 1.45 bits per heavy atom. The van der Waals surface area contributed by atoms with Gasteiger partial charge in [0.2, 0.25) is 5.91 Å². The van der Waals surface area contributed by atoms with Gasteiger partial charge >= 0.3 is 0 Å². The second-order valence-electron chi connectivity index (χ2n) is 5.86. The van der Waals surface area contributed by atoms with E-state index in [1.165, 1.54) is 6.42 Å². The van der Waals surface area contributed by atoms with Crippen molar-refractivity contribution < 1.29 is 4.79 Å². The van der Waals surface area contributed by atoms with E-state index in [4.69, 9.17) is 5.73 Å². The highest BCUT2D eigenvalue weighted by molar-refractivity contribution is 5.83. The van der Waals surface area contributed by atoms with Gasteiger partial charge in [-0.05, 0) is 19.3 Å². The summed E-state index contributed by atoms with van der Waals surface area (Å²) >= 11 is 0. The van der Waals surface area contributed by atoms with E-state index in [9.17, 15) is 4.79 Å². The first kappa shape index (κ1) is 15.0. The van der Waals surface area contributed by atoms with E-state index in [0.717, 1.165) is 43.4 Å². The SMILES string of the molecule is CCc1nn(C)cc1CNC(=O)C1(CN)CCCCC1. The third-order valence-electron chi connectivity index (χ3n) is 4.45. The summed E-state index contributed by atoms with van der Waals surface area (Å²) in [7, 11) is 1.91. The fourth-order valence-electron chi connectivity index (χ4n) is 3.14. The number of rotatable bonds is 5. The minimum atomic E-state index is -0.340. The molecule has 5 heteroatoms. The zero-order valence-electron chi connectivity index (χ0n) is 12.6. The minimum absolute atomic E-state index is 0.116. The van der Waals surface area contributed by atoms with Crippen molar-refractivity contribution in [3.05, 3.63) is 17.5 Å². The van der Waals surface area contributed by atoms with Crippen LogP contribution in [0.1, 0.15) is 50.3 Å². The molecule has 112 valence electrons. The van der Waals surface area contributed by atoms with Crippen LogP contribution in [0.25, 0.3) is 0 Å². The minimum Gasteiger partial charge on any atom is -0.351 e. The molecule has 0 atom stereocenters. The van der Waals surface area contributed by atoms with Crippen LogP contribution in [0, 0.1) is 5.41 Å². The molecule has 0 bridgehead atoms. The molecule has 1 saturated carbocycles. The van der Waals surface area contributed by atoms with E-state index in [1.54, 1.807) is 4.68 Å². The lowest BCUT2D eigenvalue weighted by atomic mass is 9.73. The molecule has 5 nitrogen and oxygen atoms in total. The molecule has 0 spiro atoms. The second-order valence-corrected chi connectivity index (χ2v) is 5.86. The zero-order chi connectivity index (χ0) is 14.6. The van der Waals surface area contributed by atoms with Gasteiger partial charge in [0.1, 0.15) is 0 Å². The number of amides is 1. The molecule has 1 fully saturated rings. The maximum absolute atomic E-state index is 12.5. The third kappa shape index (κ3) is 3.03. The lowest BCUT2D eigenvalue weighted by molar-refractivity contribution is -0.132. The van der Waals surface area contributed by atoms with Crippen molar-refractivity contribution in [2.75, 3.05) is 6.54 Å². The van der Waals surface area contributed by atoms with Crippen LogP contribution < -0.4 is 11.1 Å². The molecule has 0 unspecified atom stereocenters. The van der Waals surface area contributed by atoms with Crippen LogP contribution in [0.5, 0.6) is 0 Å². The number of aryl methyl sites for hydroxylation is 2. The first-order chi connectivity index (χ1) is 9.61. The average Bonchev–Trinajstić information content (AvgIpc) is 2.85. The van der Waals surface area contributed by atoms with Crippen LogP contribution in [0.4, 0.5) is 0 Å². The van der Waals surface area contributed by atoms with Crippen molar-refractivity contribution in [1.29, 1.82) is 0 Å². The van der Waals surface area contributed by atoms with Crippen molar-refractivity contribution in [2.24, 2.45) is 18.2 Å². The molecule has 0 aromatic carbocycles. The third-order valence-corrected chi connectivity index (χ3v) is 4.45. The molecule has 0 aliphatic heterocycles. The molecule has 1 aromatic heterocycles. The Morgan fingerprint density at radius 2 is 2.15 bits per heavy atom. The summed E-state index contributed by atoms with van der Waals surface area (Å²) in [6.45, 7) is 3.08. The van der Waals surface area contributed by atoms with Crippen molar-refractivity contribution in [1.82, 2.24) is 15.1 Å². The quantitative estimate of drug-likeness (QED) is 0.857. The molecular weight excluding hydrogens is 252 g/mol. The summed E-state index contributed by atoms with van der Waals surface area (Å²) in [6, 6.07) is 0. The van der Waals surface area contributed by atoms with Crippen LogP contribution in [0.15, 0.2) is 6.20 Å². The normalized spacial score (nSPS) is 17.9. The molecule has 20 heavy (non-hydrogen) atoms. The summed E-state index contributed by atoms with van der Waals surface area (Å²) in [5.41, 5.74) is 7.71. The molecular formula is C15H26N4O. The predicted octanol–water partition coefficient (Wildman–Crippen LogP) is 1.51. The fraction of sp³-hybridized carbons (Fsp3) is 0.733. The van der Waals surface area contributed by atoms with Gasteiger partial charge < -0.3 is 11.1 Å². The van der Waals surface area contributed by atoms with Crippen molar-refractivity contribution in [3.63, 3.8) is 0 Å². The first-order valence-electron chi connectivity index (χ1n) is 7.61. The number of carbonyl (C=O) groups excluding carboxylic acids is 1. The fourth-order valence-corrected chi connectivity index (χ4v) is 3.14. The van der Waals surface area contributed by atoms with Crippen LogP contribution >= 0.6 is 0 Å². The first-order valence-corrected chi connectivity index (χ1v) is 7.61. The van der Waals surface area contributed by atoms with E-state index < -0.39 is 0 Å². The molecule has 0 radical (unpaired) electrons. The van der Waals surface area contributed by atoms with Crippen molar-refractivity contribution in [3.8, 4) is 0 Å². The summed E-state index contributed by atoms with van der Waals surface area (Å²) in [6.07, 6.45) is 8.14. The van der Waals surface area contributed by atoms with Gasteiger partial charge in [-0.2, -0.15) is 5.10 Å².